The maximum atomic E-state index is 4.56. The molecule has 5 heteroatoms. The molecule has 23 heavy (non-hydrogen) atoms. The average Bonchev–Trinajstić information content (AvgIpc) is 2.55. The van der Waals surface area contributed by atoms with E-state index in [0.717, 1.165) is 28.5 Å². The van der Waals surface area contributed by atoms with Crippen LogP contribution in [0, 0.1) is 6.92 Å². The van der Waals surface area contributed by atoms with Crippen LogP contribution in [0.5, 0.6) is 0 Å². The lowest BCUT2D eigenvalue weighted by Crippen LogP contribution is -2.08. The van der Waals surface area contributed by atoms with Crippen LogP contribution in [-0.2, 0) is 0 Å². The van der Waals surface area contributed by atoms with Gasteiger partial charge >= 0.3 is 0 Å². The number of rotatable bonds is 4. The van der Waals surface area contributed by atoms with Gasteiger partial charge in [0.25, 0.3) is 0 Å². The molecule has 3 rings (SSSR count). The summed E-state index contributed by atoms with van der Waals surface area (Å²) in [6, 6.07) is 15.9. The number of aryl methyl sites for hydroxylation is 1. The third kappa shape index (κ3) is 3.63. The SMILES string of the molecule is Cc1cc(-c2ccccn2)nc(Nc2ccc(N(C)C)cc2)n1. The smallest absolute Gasteiger partial charge is 0.228 e. The van der Waals surface area contributed by atoms with Crippen LogP contribution in [0.4, 0.5) is 17.3 Å². The Kier molecular flexibility index (Phi) is 4.19. The molecule has 0 aliphatic rings. The summed E-state index contributed by atoms with van der Waals surface area (Å²) in [5.41, 5.74) is 4.64. The van der Waals surface area contributed by atoms with Crippen molar-refractivity contribution in [3.63, 3.8) is 0 Å². The highest BCUT2D eigenvalue weighted by Gasteiger charge is 2.06. The minimum Gasteiger partial charge on any atom is -0.378 e. The molecule has 0 atom stereocenters. The Bertz CT molecular complexity index is 782. The van der Waals surface area contributed by atoms with Crippen LogP contribution in [-0.4, -0.2) is 29.0 Å². The van der Waals surface area contributed by atoms with Crippen LogP contribution >= 0.6 is 0 Å². The van der Waals surface area contributed by atoms with Crippen LogP contribution in [0.2, 0.25) is 0 Å². The summed E-state index contributed by atoms with van der Waals surface area (Å²) in [5, 5.41) is 3.25. The van der Waals surface area contributed by atoms with E-state index in [9.17, 15) is 0 Å². The third-order valence-corrected chi connectivity index (χ3v) is 3.42. The van der Waals surface area contributed by atoms with E-state index in [4.69, 9.17) is 0 Å². The molecule has 1 aromatic carbocycles. The lowest BCUT2D eigenvalue weighted by Gasteiger charge is -2.13. The first kappa shape index (κ1) is 15.0. The van der Waals surface area contributed by atoms with Crippen molar-refractivity contribution in [1.82, 2.24) is 15.0 Å². The highest BCUT2D eigenvalue weighted by Crippen LogP contribution is 2.21. The molecule has 0 aliphatic carbocycles. The third-order valence-electron chi connectivity index (χ3n) is 3.42. The van der Waals surface area contributed by atoms with Gasteiger partial charge in [0.2, 0.25) is 5.95 Å². The van der Waals surface area contributed by atoms with E-state index in [1.165, 1.54) is 0 Å². The monoisotopic (exact) mass is 305 g/mol. The summed E-state index contributed by atoms with van der Waals surface area (Å²) in [6.07, 6.45) is 1.76. The zero-order chi connectivity index (χ0) is 16.2. The van der Waals surface area contributed by atoms with Crippen molar-refractivity contribution in [1.29, 1.82) is 0 Å². The van der Waals surface area contributed by atoms with E-state index >= 15 is 0 Å². The minimum atomic E-state index is 0.572. The summed E-state index contributed by atoms with van der Waals surface area (Å²) in [4.78, 5) is 15.4. The predicted molar refractivity (Wildman–Crippen MR) is 94.1 cm³/mol. The zero-order valence-electron chi connectivity index (χ0n) is 13.5. The molecule has 0 bridgehead atoms. The first-order valence-corrected chi connectivity index (χ1v) is 7.43. The molecule has 2 heterocycles. The largest absolute Gasteiger partial charge is 0.378 e. The van der Waals surface area contributed by atoms with Gasteiger partial charge in [-0.05, 0) is 49.4 Å². The lowest BCUT2D eigenvalue weighted by molar-refractivity contribution is 1.10. The molecule has 5 nitrogen and oxygen atoms in total. The van der Waals surface area contributed by atoms with Crippen LogP contribution in [0.25, 0.3) is 11.4 Å². The molecule has 0 radical (unpaired) electrons. The maximum Gasteiger partial charge on any atom is 0.228 e. The van der Waals surface area contributed by atoms with Crippen LogP contribution in [0.3, 0.4) is 0 Å². The number of hydrogen-bond acceptors (Lipinski definition) is 5. The Morgan fingerprint density at radius 2 is 1.70 bits per heavy atom. The lowest BCUT2D eigenvalue weighted by atomic mass is 10.2. The highest BCUT2D eigenvalue weighted by molar-refractivity contribution is 5.61. The second kappa shape index (κ2) is 6.44. The predicted octanol–water partition coefficient (Wildman–Crippen LogP) is 3.66. The molecule has 0 fully saturated rings. The van der Waals surface area contributed by atoms with Crippen molar-refractivity contribution in [3.8, 4) is 11.4 Å². The maximum absolute atomic E-state index is 4.56. The van der Waals surface area contributed by atoms with Gasteiger partial charge in [0.1, 0.15) is 0 Å². The quantitative estimate of drug-likeness (QED) is 0.797. The van der Waals surface area contributed by atoms with Gasteiger partial charge in [0.15, 0.2) is 0 Å². The second-order valence-electron chi connectivity index (χ2n) is 5.50. The molecular weight excluding hydrogens is 286 g/mol. The van der Waals surface area contributed by atoms with Crippen molar-refractivity contribution in [2.45, 2.75) is 6.92 Å². The number of nitrogens with zero attached hydrogens (tertiary/aromatic N) is 4. The number of aromatic nitrogens is 3. The van der Waals surface area contributed by atoms with Gasteiger partial charge in [-0.3, -0.25) is 4.98 Å². The van der Waals surface area contributed by atoms with Crippen LogP contribution in [0.15, 0.2) is 54.7 Å². The Labute approximate surface area is 136 Å². The molecule has 3 aromatic rings. The van der Waals surface area contributed by atoms with Gasteiger partial charge in [-0.1, -0.05) is 6.07 Å². The van der Waals surface area contributed by atoms with Crippen LogP contribution in [0.1, 0.15) is 5.69 Å². The number of pyridine rings is 1. The van der Waals surface area contributed by atoms with Gasteiger partial charge in [-0.2, -0.15) is 0 Å². The summed E-state index contributed by atoms with van der Waals surface area (Å²) in [5.74, 6) is 0.572. The van der Waals surface area contributed by atoms with Gasteiger partial charge in [-0.25, -0.2) is 9.97 Å². The van der Waals surface area contributed by atoms with E-state index < -0.39 is 0 Å². The zero-order valence-corrected chi connectivity index (χ0v) is 13.5. The fourth-order valence-electron chi connectivity index (χ4n) is 2.24. The van der Waals surface area contributed by atoms with Gasteiger partial charge in [-0.15, -0.1) is 0 Å². The Hall–Kier alpha value is -2.95. The van der Waals surface area contributed by atoms with E-state index in [1.807, 2.05) is 57.4 Å². The molecule has 0 aliphatic heterocycles. The van der Waals surface area contributed by atoms with Gasteiger partial charge in [0, 0.05) is 37.4 Å². The van der Waals surface area contributed by atoms with E-state index in [-0.39, 0.29) is 0 Å². The van der Waals surface area contributed by atoms with Crippen molar-refractivity contribution < 1.29 is 0 Å². The number of nitrogens with one attached hydrogen (secondary N) is 1. The van der Waals surface area contributed by atoms with Crippen molar-refractivity contribution in [2.75, 3.05) is 24.3 Å². The Balaban J connectivity index is 1.87. The molecule has 0 unspecified atom stereocenters. The Morgan fingerprint density at radius 1 is 0.913 bits per heavy atom. The second-order valence-corrected chi connectivity index (χ2v) is 5.50. The van der Waals surface area contributed by atoms with E-state index in [0.29, 0.717) is 5.95 Å². The fourth-order valence-corrected chi connectivity index (χ4v) is 2.24. The molecule has 116 valence electrons. The fraction of sp³-hybridized carbons (Fsp3) is 0.167. The summed E-state index contributed by atoms with van der Waals surface area (Å²) >= 11 is 0. The Morgan fingerprint density at radius 3 is 2.35 bits per heavy atom. The van der Waals surface area contributed by atoms with Crippen molar-refractivity contribution in [3.05, 3.63) is 60.4 Å². The molecule has 0 spiro atoms. The van der Waals surface area contributed by atoms with Gasteiger partial charge in [0.05, 0.1) is 11.4 Å². The van der Waals surface area contributed by atoms with Gasteiger partial charge < -0.3 is 10.2 Å². The first-order chi connectivity index (χ1) is 11.1. The standard InChI is InChI=1S/C18H19N5/c1-13-12-17(16-6-4-5-11-19-16)22-18(20-13)21-14-7-9-15(10-8-14)23(2)3/h4-12H,1-3H3,(H,20,21,22). The summed E-state index contributed by atoms with van der Waals surface area (Å²) in [6.45, 7) is 1.95. The number of anilines is 3. The molecule has 0 saturated carbocycles. The molecule has 0 amide bonds. The number of hydrogen-bond donors (Lipinski definition) is 1. The van der Waals surface area contributed by atoms with Crippen molar-refractivity contribution >= 4 is 17.3 Å². The molecule has 2 aromatic heterocycles. The molecule has 1 N–H and O–H groups in total. The van der Waals surface area contributed by atoms with E-state index in [2.05, 4.69) is 37.3 Å². The first-order valence-electron chi connectivity index (χ1n) is 7.43. The minimum absolute atomic E-state index is 0.572. The average molecular weight is 305 g/mol. The summed E-state index contributed by atoms with van der Waals surface area (Å²) < 4.78 is 0. The normalized spacial score (nSPS) is 10.4. The summed E-state index contributed by atoms with van der Waals surface area (Å²) in [7, 11) is 4.04. The molecule has 0 saturated heterocycles. The number of benzene rings is 1. The van der Waals surface area contributed by atoms with E-state index in [1.54, 1.807) is 6.20 Å². The highest BCUT2D eigenvalue weighted by atomic mass is 15.1. The van der Waals surface area contributed by atoms with Crippen molar-refractivity contribution in [2.24, 2.45) is 0 Å². The molecular formula is C18H19N5. The van der Waals surface area contributed by atoms with Crippen LogP contribution < -0.4 is 10.2 Å². The topological polar surface area (TPSA) is 53.9 Å².